The number of hydrogen-bond donors (Lipinski definition) is 2. The molecule has 3 N–H and O–H groups in total. The molecule has 0 amide bonds. The summed E-state index contributed by atoms with van der Waals surface area (Å²) in [6.45, 7) is 0. The molecule has 1 aromatic heterocycles. The second kappa shape index (κ2) is 4.12. The standard InChI is InChI=1S/C16H19N3/c17-13-9-18-14-4-2-1-3-12(14)16(13)19-15(10-5-6-10)11-7-8-11/h1-4,9-11,15H,5-8,17H2,(H,18,19). The summed E-state index contributed by atoms with van der Waals surface area (Å²) in [6, 6.07) is 8.85. The topological polar surface area (TPSA) is 50.9 Å². The zero-order chi connectivity index (χ0) is 12.8. The smallest absolute Gasteiger partial charge is 0.0743 e. The molecule has 1 aromatic carbocycles. The summed E-state index contributed by atoms with van der Waals surface area (Å²) in [5.41, 5.74) is 9.03. The van der Waals surface area contributed by atoms with Crippen molar-refractivity contribution in [3.8, 4) is 0 Å². The Morgan fingerprint density at radius 1 is 1.11 bits per heavy atom. The third kappa shape index (κ3) is 2.03. The monoisotopic (exact) mass is 253 g/mol. The maximum Gasteiger partial charge on any atom is 0.0743 e. The van der Waals surface area contributed by atoms with Crippen LogP contribution in [-0.2, 0) is 0 Å². The predicted octanol–water partition coefficient (Wildman–Crippen LogP) is 3.42. The fraction of sp³-hybridized carbons (Fsp3) is 0.438. The summed E-state index contributed by atoms with van der Waals surface area (Å²) in [6.07, 6.45) is 7.27. The zero-order valence-corrected chi connectivity index (χ0v) is 11.0. The van der Waals surface area contributed by atoms with E-state index in [0.29, 0.717) is 6.04 Å². The van der Waals surface area contributed by atoms with E-state index in [4.69, 9.17) is 5.73 Å². The van der Waals surface area contributed by atoms with Crippen LogP contribution >= 0.6 is 0 Å². The molecule has 0 bridgehead atoms. The molecular formula is C16H19N3. The average molecular weight is 253 g/mol. The minimum absolute atomic E-state index is 0.619. The molecule has 2 aliphatic carbocycles. The van der Waals surface area contributed by atoms with Crippen LogP contribution in [0.5, 0.6) is 0 Å². The van der Waals surface area contributed by atoms with E-state index in [9.17, 15) is 0 Å². The van der Waals surface area contributed by atoms with Crippen LogP contribution in [0.1, 0.15) is 25.7 Å². The number of nitrogens with one attached hydrogen (secondary N) is 1. The Kier molecular flexibility index (Phi) is 2.40. The van der Waals surface area contributed by atoms with Crippen molar-refractivity contribution in [1.29, 1.82) is 0 Å². The Hall–Kier alpha value is -1.77. The molecule has 3 heteroatoms. The van der Waals surface area contributed by atoms with Crippen molar-refractivity contribution in [2.24, 2.45) is 11.8 Å². The molecular weight excluding hydrogens is 234 g/mol. The molecule has 1 heterocycles. The summed E-state index contributed by atoms with van der Waals surface area (Å²) < 4.78 is 0. The highest BCUT2D eigenvalue weighted by Crippen LogP contribution is 2.46. The van der Waals surface area contributed by atoms with Gasteiger partial charge in [-0.2, -0.15) is 0 Å². The van der Waals surface area contributed by atoms with Gasteiger partial charge in [0.25, 0.3) is 0 Å². The second-order valence-corrected chi connectivity index (χ2v) is 5.95. The van der Waals surface area contributed by atoms with Crippen LogP contribution in [0.4, 0.5) is 11.4 Å². The first-order chi connectivity index (χ1) is 9.33. The number of fused-ring (bicyclic) bond motifs is 1. The van der Waals surface area contributed by atoms with Crippen molar-refractivity contribution in [2.75, 3.05) is 11.1 Å². The Morgan fingerprint density at radius 2 is 1.79 bits per heavy atom. The molecule has 0 unspecified atom stereocenters. The molecule has 98 valence electrons. The maximum atomic E-state index is 6.15. The highest BCUT2D eigenvalue weighted by molar-refractivity contribution is 5.97. The van der Waals surface area contributed by atoms with Crippen molar-refractivity contribution in [3.05, 3.63) is 30.5 Å². The van der Waals surface area contributed by atoms with Crippen LogP contribution < -0.4 is 11.1 Å². The predicted molar refractivity (Wildman–Crippen MR) is 79.0 cm³/mol. The minimum atomic E-state index is 0.619. The number of rotatable bonds is 4. The van der Waals surface area contributed by atoms with Crippen molar-refractivity contribution in [1.82, 2.24) is 4.98 Å². The van der Waals surface area contributed by atoms with Gasteiger partial charge >= 0.3 is 0 Å². The highest BCUT2D eigenvalue weighted by atomic mass is 15.0. The van der Waals surface area contributed by atoms with Gasteiger partial charge in [0.05, 0.1) is 23.1 Å². The first-order valence-electron chi connectivity index (χ1n) is 7.22. The number of para-hydroxylation sites is 1. The van der Waals surface area contributed by atoms with E-state index in [2.05, 4.69) is 22.4 Å². The van der Waals surface area contributed by atoms with E-state index in [1.54, 1.807) is 6.20 Å². The van der Waals surface area contributed by atoms with Crippen molar-refractivity contribution < 1.29 is 0 Å². The van der Waals surface area contributed by atoms with Crippen LogP contribution in [0.15, 0.2) is 30.5 Å². The summed E-state index contributed by atoms with van der Waals surface area (Å²) >= 11 is 0. The fourth-order valence-electron chi connectivity index (χ4n) is 3.02. The quantitative estimate of drug-likeness (QED) is 0.877. The number of hydrogen-bond acceptors (Lipinski definition) is 3. The number of nitrogens with two attached hydrogens (primary N) is 1. The first kappa shape index (κ1) is 11.1. The lowest BCUT2D eigenvalue weighted by Gasteiger charge is -2.21. The molecule has 2 saturated carbocycles. The number of pyridine rings is 1. The zero-order valence-electron chi connectivity index (χ0n) is 11.0. The maximum absolute atomic E-state index is 6.15. The molecule has 0 radical (unpaired) electrons. The van der Waals surface area contributed by atoms with Gasteiger partial charge in [-0.3, -0.25) is 4.98 Å². The van der Waals surface area contributed by atoms with Crippen molar-refractivity contribution in [2.45, 2.75) is 31.7 Å². The van der Waals surface area contributed by atoms with Gasteiger partial charge in [0.1, 0.15) is 0 Å². The van der Waals surface area contributed by atoms with Gasteiger partial charge in [-0.25, -0.2) is 0 Å². The van der Waals surface area contributed by atoms with Gasteiger partial charge in [-0.05, 0) is 43.6 Å². The third-order valence-corrected chi connectivity index (χ3v) is 4.38. The SMILES string of the molecule is Nc1cnc2ccccc2c1NC(C1CC1)C1CC1. The van der Waals surface area contributed by atoms with Gasteiger partial charge in [0.2, 0.25) is 0 Å². The largest absolute Gasteiger partial charge is 0.396 e. The lowest BCUT2D eigenvalue weighted by atomic mass is 10.1. The van der Waals surface area contributed by atoms with Crippen LogP contribution in [-0.4, -0.2) is 11.0 Å². The van der Waals surface area contributed by atoms with Gasteiger partial charge < -0.3 is 11.1 Å². The molecule has 2 aliphatic rings. The fourth-order valence-corrected chi connectivity index (χ4v) is 3.02. The lowest BCUT2D eigenvalue weighted by molar-refractivity contribution is 0.568. The Balaban J connectivity index is 1.74. The van der Waals surface area contributed by atoms with Gasteiger partial charge in [-0.1, -0.05) is 18.2 Å². The third-order valence-electron chi connectivity index (χ3n) is 4.38. The molecule has 0 saturated heterocycles. The average Bonchev–Trinajstić information content (AvgIpc) is 3.29. The molecule has 0 atom stereocenters. The van der Waals surface area contributed by atoms with E-state index in [1.165, 1.54) is 25.7 Å². The lowest BCUT2D eigenvalue weighted by Crippen LogP contribution is -2.25. The molecule has 19 heavy (non-hydrogen) atoms. The van der Waals surface area contributed by atoms with Gasteiger partial charge in [0.15, 0.2) is 0 Å². The van der Waals surface area contributed by atoms with Gasteiger partial charge in [0, 0.05) is 11.4 Å². The number of nitrogen functional groups attached to an aromatic ring is 1. The molecule has 0 spiro atoms. The molecule has 4 rings (SSSR count). The van der Waals surface area contributed by atoms with Crippen LogP contribution in [0.2, 0.25) is 0 Å². The van der Waals surface area contributed by atoms with Crippen molar-refractivity contribution >= 4 is 22.3 Å². The summed E-state index contributed by atoms with van der Waals surface area (Å²) in [4.78, 5) is 4.40. The second-order valence-electron chi connectivity index (χ2n) is 5.95. The van der Waals surface area contributed by atoms with E-state index in [0.717, 1.165) is 34.1 Å². The van der Waals surface area contributed by atoms with Crippen LogP contribution in [0, 0.1) is 11.8 Å². The number of benzene rings is 1. The van der Waals surface area contributed by atoms with E-state index in [1.807, 2.05) is 12.1 Å². The molecule has 3 nitrogen and oxygen atoms in total. The number of aromatic nitrogens is 1. The van der Waals surface area contributed by atoms with E-state index < -0.39 is 0 Å². The summed E-state index contributed by atoms with van der Waals surface area (Å²) in [5, 5.41) is 4.90. The Labute approximate surface area is 113 Å². The number of anilines is 2. The summed E-state index contributed by atoms with van der Waals surface area (Å²) in [5.74, 6) is 1.72. The normalized spacial score (nSPS) is 19.0. The first-order valence-corrected chi connectivity index (χ1v) is 7.22. The van der Waals surface area contributed by atoms with Gasteiger partial charge in [-0.15, -0.1) is 0 Å². The summed E-state index contributed by atoms with van der Waals surface area (Å²) in [7, 11) is 0. The highest BCUT2D eigenvalue weighted by Gasteiger charge is 2.41. The van der Waals surface area contributed by atoms with E-state index in [-0.39, 0.29) is 0 Å². The van der Waals surface area contributed by atoms with Crippen LogP contribution in [0.3, 0.4) is 0 Å². The number of nitrogens with zero attached hydrogens (tertiary/aromatic N) is 1. The molecule has 2 fully saturated rings. The van der Waals surface area contributed by atoms with E-state index >= 15 is 0 Å². The van der Waals surface area contributed by atoms with Crippen LogP contribution in [0.25, 0.3) is 10.9 Å². The minimum Gasteiger partial charge on any atom is -0.396 e. The molecule has 2 aromatic rings. The Morgan fingerprint density at radius 3 is 2.47 bits per heavy atom. The Bertz CT molecular complexity index is 602. The molecule has 0 aliphatic heterocycles. The van der Waals surface area contributed by atoms with Crippen molar-refractivity contribution in [3.63, 3.8) is 0 Å².